The summed E-state index contributed by atoms with van der Waals surface area (Å²) in [6, 6.07) is 0.872. The van der Waals surface area contributed by atoms with Crippen LogP contribution in [0.3, 0.4) is 0 Å². The van der Waals surface area contributed by atoms with E-state index in [0.717, 1.165) is 6.42 Å². The molecule has 0 radical (unpaired) electrons. The standard InChI is InChI=1S/C10H15ClN4O2/c1-3-4-6(12)9(16)15-10-13-7(11)5-8(14-10)17-2/h5-6H,3-4,12H2,1-2H3,(H,13,14,15,16)/t6-/m1/s1. The van der Waals surface area contributed by atoms with Crippen LogP contribution in [-0.2, 0) is 4.79 Å². The number of anilines is 1. The van der Waals surface area contributed by atoms with Crippen LogP contribution >= 0.6 is 11.6 Å². The van der Waals surface area contributed by atoms with Crippen molar-refractivity contribution in [2.75, 3.05) is 12.4 Å². The quantitative estimate of drug-likeness (QED) is 0.775. The number of nitrogens with two attached hydrogens (primary N) is 1. The summed E-state index contributed by atoms with van der Waals surface area (Å²) in [7, 11) is 1.45. The van der Waals surface area contributed by atoms with E-state index in [9.17, 15) is 4.79 Å². The summed E-state index contributed by atoms with van der Waals surface area (Å²) in [4.78, 5) is 19.4. The predicted octanol–water partition coefficient (Wildman–Crippen LogP) is 1.20. The zero-order valence-electron chi connectivity index (χ0n) is 9.74. The number of hydrogen-bond donors (Lipinski definition) is 2. The summed E-state index contributed by atoms with van der Waals surface area (Å²) >= 11 is 5.74. The highest BCUT2D eigenvalue weighted by Crippen LogP contribution is 2.15. The van der Waals surface area contributed by atoms with Crippen LogP contribution in [0, 0.1) is 0 Å². The van der Waals surface area contributed by atoms with Crippen LogP contribution in [0.1, 0.15) is 19.8 Å². The third-order valence-electron chi connectivity index (χ3n) is 2.05. The molecule has 0 aromatic carbocycles. The molecule has 0 bridgehead atoms. The molecule has 0 aliphatic carbocycles. The number of nitrogens with zero attached hydrogens (tertiary/aromatic N) is 2. The first-order valence-corrected chi connectivity index (χ1v) is 5.59. The van der Waals surface area contributed by atoms with Gasteiger partial charge in [0.1, 0.15) is 5.15 Å². The molecule has 1 amide bonds. The second-order valence-corrected chi connectivity index (χ2v) is 3.83. The lowest BCUT2D eigenvalue weighted by molar-refractivity contribution is -0.117. The zero-order chi connectivity index (χ0) is 12.8. The van der Waals surface area contributed by atoms with Crippen LogP contribution < -0.4 is 15.8 Å². The first-order chi connectivity index (χ1) is 8.06. The van der Waals surface area contributed by atoms with Gasteiger partial charge in [0, 0.05) is 6.07 Å². The molecular weight excluding hydrogens is 244 g/mol. The van der Waals surface area contributed by atoms with Gasteiger partial charge in [-0.05, 0) is 6.42 Å². The van der Waals surface area contributed by atoms with Crippen molar-refractivity contribution in [3.63, 3.8) is 0 Å². The van der Waals surface area contributed by atoms with Gasteiger partial charge in [0.05, 0.1) is 13.2 Å². The average Bonchev–Trinajstić information content (AvgIpc) is 2.28. The van der Waals surface area contributed by atoms with E-state index in [0.29, 0.717) is 6.42 Å². The van der Waals surface area contributed by atoms with E-state index >= 15 is 0 Å². The Hall–Kier alpha value is -1.40. The minimum absolute atomic E-state index is 0.0888. The zero-order valence-corrected chi connectivity index (χ0v) is 10.5. The fourth-order valence-electron chi connectivity index (χ4n) is 1.20. The lowest BCUT2D eigenvalue weighted by atomic mass is 10.2. The van der Waals surface area contributed by atoms with Crippen LogP contribution in [0.25, 0.3) is 0 Å². The van der Waals surface area contributed by atoms with E-state index in [4.69, 9.17) is 22.1 Å². The van der Waals surface area contributed by atoms with Gasteiger partial charge >= 0.3 is 0 Å². The van der Waals surface area contributed by atoms with Crippen LogP contribution in [0.2, 0.25) is 5.15 Å². The van der Waals surface area contributed by atoms with E-state index in [1.807, 2.05) is 6.92 Å². The highest BCUT2D eigenvalue weighted by Gasteiger charge is 2.14. The SMILES string of the molecule is CCC[C@@H](N)C(=O)Nc1nc(Cl)cc(OC)n1. The number of hydrogen-bond acceptors (Lipinski definition) is 5. The van der Waals surface area contributed by atoms with Crippen molar-refractivity contribution in [1.29, 1.82) is 0 Å². The molecule has 6 nitrogen and oxygen atoms in total. The number of rotatable bonds is 5. The van der Waals surface area contributed by atoms with E-state index < -0.39 is 6.04 Å². The Morgan fingerprint density at radius 1 is 1.65 bits per heavy atom. The highest BCUT2D eigenvalue weighted by molar-refractivity contribution is 6.29. The van der Waals surface area contributed by atoms with Crippen LogP contribution in [0.5, 0.6) is 5.88 Å². The summed E-state index contributed by atoms with van der Waals surface area (Å²) in [5.41, 5.74) is 5.65. The molecule has 1 rings (SSSR count). The van der Waals surface area contributed by atoms with Crippen molar-refractivity contribution in [2.24, 2.45) is 5.73 Å². The Morgan fingerprint density at radius 2 is 2.35 bits per heavy atom. The number of carbonyl (C=O) groups excluding carboxylic acids is 1. The average molecular weight is 259 g/mol. The summed E-state index contributed by atoms with van der Waals surface area (Å²) in [6.07, 6.45) is 1.43. The molecule has 94 valence electrons. The van der Waals surface area contributed by atoms with Gasteiger partial charge in [-0.15, -0.1) is 0 Å². The van der Waals surface area contributed by atoms with Crippen LogP contribution in [0.15, 0.2) is 6.07 Å². The van der Waals surface area contributed by atoms with E-state index in [1.165, 1.54) is 13.2 Å². The molecule has 0 unspecified atom stereocenters. The molecule has 0 saturated carbocycles. The summed E-state index contributed by atoms with van der Waals surface area (Å²) in [6.45, 7) is 1.95. The Labute approximate surface area is 105 Å². The number of carbonyl (C=O) groups is 1. The maximum atomic E-state index is 11.6. The molecule has 17 heavy (non-hydrogen) atoms. The molecule has 1 atom stereocenters. The van der Waals surface area contributed by atoms with Gasteiger partial charge in [0.2, 0.25) is 17.7 Å². The van der Waals surface area contributed by atoms with E-state index in [2.05, 4.69) is 15.3 Å². The van der Waals surface area contributed by atoms with Crippen LogP contribution in [-0.4, -0.2) is 29.0 Å². The smallest absolute Gasteiger partial charge is 0.243 e. The maximum absolute atomic E-state index is 11.6. The van der Waals surface area contributed by atoms with Crippen molar-refractivity contribution >= 4 is 23.5 Å². The van der Waals surface area contributed by atoms with Gasteiger partial charge in [-0.3, -0.25) is 10.1 Å². The molecule has 0 spiro atoms. The number of methoxy groups -OCH3 is 1. The Kier molecular flexibility index (Phi) is 5.11. The normalized spacial score (nSPS) is 12.0. The molecule has 3 N–H and O–H groups in total. The number of ether oxygens (including phenoxy) is 1. The Morgan fingerprint density at radius 3 is 2.94 bits per heavy atom. The highest BCUT2D eigenvalue weighted by atomic mass is 35.5. The summed E-state index contributed by atoms with van der Waals surface area (Å²) in [5.74, 6) is 0.0337. The molecule has 1 aromatic rings. The maximum Gasteiger partial charge on any atom is 0.243 e. The molecule has 0 aliphatic rings. The van der Waals surface area contributed by atoms with Gasteiger partial charge in [-0.25, -0.2) is 4.98 Å². The third-order valence-corrected chi connectivity index (χ3v) is 2.25. The molecule has 0 fully saturated rings. The number of halogens is 1. The van der Waals surface area contributed by atoms with E-state index in [1.54, 1.807) is 0 Å². The number of amides is 1. The second kappa shape index (κ2) is 6.36. The van der Waals surface area contributed by atoms with Gasteiger partial charge in [0.25, 0.3) is 0 Å². The van der Waals surface area contributed by atoms with Gasteiger partial charge < -0.3 is 10.5 Å². The molecule has 1 heterocycles. The van der Waals surface area contributed by atoms with Crippen molar-refractivity contribution < 1.29 is 9.53 Å². The minimum atomic E-state index is -0.575. The Balaban J connectivity index is 2.74. The molecule has 0 saturated heterocycles. The fourth-order valence-corrected chi connectivity index (χ4v) is 1.38. The van der Waals surface area contributed by atoms with Gasteiger partial charge in [-0.2, -0.15) is 4.98 Å². The van der Waals surface area contributed by atoms with Crippen molar-refractivity contribution in [3.05, 3.63) is 11.2 Å². The molecule has 1 aromatic heterocycles. The van der Waals surface area contributed by atoms with Crippen molar-refractivity contribution in [1.82, 2.24) is 9.97 Å². The van der Waals surface area contributed by atoms with Crippen LogP contribution in [0.4, 0.5) is 5.95 Å². The molecule has 7 heteroatoms. The fraction of sp³-hybridized carbons (Fsp3) is 0.500. The van der Waals surface area contributed by atoms with E-state index in [-0.39, 0.29) is 22.9 Å². The topological polar surface area (TPSA) is 90.1 Å². The first-order valence-electron chi connectivity index (χ1n) is 5.21. The lowest BCUT2D eigenvalue weighted by Gasteiger charge is -2.10. The largest absolute Gasteiger partial charge is 0.481 e. The monoisotopic (exact) mass is 258 g/mol. The summed E-state index contributed by atoms with van der Waals surface area (Å²) in [5, 5.41) is 2.68. The number of aromatic nitrogens is 2. The van der Waals surface area contributed by atoms with Crippen molar-refractivity contribution in [3.8, 4) is 5.88 Å². The minimum Gasteiger partial charge on any atom is -0.481 e. The van der Waals surface area contributed by atoms with Crippen molar-refractivity contribution in [2.45, 2.75) is 25.8 Å². The van der Waals surface area contributed by atoms with Gasteiger partial charge in [0.15, 0.2) is 0 Å². The Bertz CT molecular complexity index is 400. The molecular formula is C10H15ClN4O2. The third kappa shape index (κ3) is 4.16. The lowest BCUT2D eigenvalue weighted by Crippen LogP contribution is -2.35. The molecule has 0 aliphatic heterocycles. The van der Waals surface area contributed by atoms with Gasteiger partial charge in [-0.1, -0.05) is 24.9 Å². The predicted molar refractivity (Wildman–Crippen MR) is 65.1 cm³/mol. The number of nitrogens with one attached hydrogen (secondary N) is 1. The first kappa shape index (κ1) is 13.7. The second-order valence-electron chi connectivity index (χ2n) is 3.44. The summed E-state index contributed by atoms with van der Waals surface area (Å²) < 4.78 is 4.91.